The largest absolute Gasteiger partial charge is 0.480 e. The summed E-state index contributed by atoms with van der Waals surface area (Å²) in [7, 11) is 0. The molecule has 148 valence electrons. The fraction of sp³-hybridized carbons (Fsp3) is 0.250. The van der Waals surface area contributed by atoms with Crippen molar-refractivity contribution < 1.29 is 19.4 Å². The molecule has 0 heterocycles. The van der Waals surface area contributed by atoms with E-state index in [1.165, 1.54) is 16.7 Å². The predicted molar refractivity (Wildman–Crippen MR) is 111 cm³/mol. The summed E-state index contributed by atoms with van der Waals surface area (Å²) in [4.78, 5) is 23.9. The Morgan fingerprint density at radius 1 is 1.10 bits per heavy atom. The summed E-state index contributed by atoms with van der Waals surface area (Å²) in [5.74, 6) is -1.06. The van der Waals surface area contributed by atoms with Gasteiger partial charge in [0.1, 0.15) is 12.6 Å². The van der Waals surface area contributed by atoms with Gasteiger partial charge >= 0.3 is 12.1 Å². The number of amides is 1. The molecule has 4 rings (SSSR count). The Bertz CT molecular complexity index is 977. The van der Waals surface area contributed by atoms with Crippen molar-refractivity contribution in [1.82, 2.24) is 5.32 Å². The van der Waals surface area contributed by atoms with Crippen molar-refractivity contribution >= 4 is 17.6 Å². The molecule has 0 radical (unpaired) electrons. The van der Waals surface area contributed by atoms with Crippen LogP contribution in [0, 0.1) is 0 Å². The molecule has 2 atom stereocenters. The zero-order valence-electron chi connectivity index (χ0n) is 16.0. The van der Waals surface area contributed by atoms with Crippen LogP contribution in [0.2, 0.25) is 0 Å². The van der Waals surface area contributed by atoms with Crippen LogP contribution in [0.4, 0.5) is 4.79 Å². The van der Waals surface area contributed by atoms with Crippen molar-refractivity contribution in [1.29, 1.82) is 0 Å². The van der Waals surface area contributed by atoms with E-state index < -0.39 is 18.1 Å². The third-order valence-electron chi connectivity index (χ3n) is 5.51. The molecule has 5 heteroatoms. The van der Waals surface area contributed by atoms with Gasteiger partial charge in [-0.2, -0.15) is 0 Å². The molecule has 2 unspecified atom stereocenters. The van der Waals surface area contributed by atoms with Gasteiger partial charge in [0, 0.05) is 12.3 Å². The average molecular weight is 389 g/mol. The molecule has 5 nitrogen and oxygen atoms in total. The Morgan fingerprint density at radius 3 is 2.66 bits per heavy atom. The maximum Gasteiger partial charge on any atom is 0.407 e. The molecule has 0 saturated heterocycles. The summed E-state index contributed by atoms with van der Waals surface area (Å²) in [5, 5.41) is 12.0. The van der Waals surface area contributed by atoms with Crippen LogP contribution in [-0.2, 0) is 16.0 Å². The molecular weight excluding hydrogens is 366 g/mol. The van der Waals surface area contributed by atoms with Gasteiger partial charge in [-0.3, -0.25) is 0 Å². The standard InChI is InChI=1S/C24H23NO4/c26-23(27)22(14-16-8-2-1-3-9-16)25-24(28)29-15-21-19-12-6-4-10-17(19)18-11-5-7-13-20(18)21/h1-6,8-12,21-22H,7,13-15H2,(H,25,28)(H,26,27). The number of allylic oxidation sites excluding steroid dienone is 3. The lowest BCUT2D eigenvalue weighted by atomic mass is 9.91. The van der Waals surface area contributed by atoms with Crippen molar-refractivity contribution in [3.8, 4) is 0 Å². The van der Waals surface area contributed by atoms with Gasteiger partial charge in [-0.1, -0.05) is 72.3 Å². The van der Waals surface area contributed by atoms with Gasteiger partial charge in [0.25, 0.3) is 0 Å². The lowest BCUT2D eigenvalue weighted by Crippen LogP contribution is -2.42. The first-order valence-corrected chi connectivity index (χ1v) is 9.82. The molecule has 0 aliphatic heterocycles. The van der Waals surface area contributed by atoms with E-state index in [4.69, 9.17) is 4.74 Å². The summed E-state index contributed by atoms with van der Waals surface area (Å²) < 4.78 is 5.48. The summed E-state index contributed by atoms with van der Waals surface area (Å²) in [6.07, 6.45) is 5.75. The van der Waals surface area contributed by atoms with Crippen LogP contribution in [0.1, 0.15) is 35.4 Å². The van der Waals surface area contributed by atoms with Gasteiger partial charge < -0.3 is 15.2 Å². The number of hydrogen-bond donors (Lipinski definition) is 2. The lowest BCUT2D eigenvalue weighted by molar-refractivity contribution is -0.139. The van der Waals surface area contributed by atoms with Crippen LogP contribution >= 0.6 is 0 Å². The van der Waals surface area contributed by atoms with Crippen molar-refractivity contribution in [2.45, 2.75) is 31.2 Å². The van der Waals surface area contributed by atoms with Gasteiger partial charge in [0.05, 0.1) is 0 Å². The summed E-state index contributed by atoms with van der Waals surface area (Å²) in [6, 6.07) is 16.4. The molecule has 2 aliphatic carbocycles. The van der Waals surface area contributed by atoms with Gasteiger partial charge in [-0.15, -0.1) is 0 Å². The maximum atomic E-state index is 12.4. The molecule has 29 heavy (non-hydrogen) atoms. The molecule has 0 saturated carbocycles. The van der Waals surface area contributed by atoms with E-state index in [1.807, 2.05) is 42.5 Å². The molecule has 1 amide bonds. The van der Waals surface area contributed by atoms with Crippen molar-refractivity contribution in [3.63, 3.8) is 0 Å². The molecule has 2 aromatic carbocycles. The third-order valence-corrected chi connectivity index (χ3v) is 5.51. The van der Waals surface area contributed by atoms with Gasteiger partial charge in [0.15, 0.2) is 0 Å². The molecule has 0 bridgehead atoms. The third kappa shape index (κ3) is 4.09. The number of carbonyl (C=O) groups excluding carboxylic acids is 1. The van der Waals surface area contributed by atoms with E-state index in [2.05, 4.69) is 29.6 Å². The normalized spacial score (nSPS) is 18.0. The van der Waals surface area contributed by atoms with E-state index in [0.717, 1.165) is 24.0 Å². The molecular formula is C24H23NO4. The fourth-order valence-electron chi connectivity index (χ4n) is 4.12. The maximum absolute atomic E-state index is 12.4. The predicted octanol–water partition coefficient (Wildman–Crippen LogP) is 4.31. The van der Waals surface area contributed by atoms with Crippen LogP contribution in [0.15, 0.2) is 72.3 Å². The van der Waals surface area contributed by atoms with Crippen molar-refractivity contribution in [3.05, 3.63) is 89.0 Å². The number of aliphatic carboxylic acids is 1. The van der Waals surface area contributed by atoms with E-state index >= 15 is 0 Å². The van der Waals surface area contributed by atoms with Crippen LogP contribution in [0.25, 0.3) is 5.57 Å². The number of benzene rings is 2. The molecule has 0 aromatic heterocycles. The second-order valence-electron chi connectivity index (χ2n) is 7.34. The SMILES string of the molecule is O=C(NC(Cc1ccccc1)C(=O)O)OCC1C2=C(C=CCC2)c2ccccc21. The smallest absolute Gasteiger partial charge is 0.407 e. The van der Waals surface area contributed by atoms with E-state index in [9.17, 15) is 14.7 Å². The minimum atomic E-state index is -1.08. The number of ether oxygens (including phenoxy) is 1. The van der Waals surface area contributed by atoms with Crippen LogP contribution in [0.3, 0.4) is 0 Å². The highest BCUT2D eigenvalue weighted by Gasteiger charge is 2.32. The van der Waals surface area contributed by atoms with Crippen molar-refractivity contribution in [2.75, 3.05) is 6.61 Å². The average Bonchev–Trinajstić information content (AvgIpc) is 3.06. The first-order valence-electron chi connectivity index (χ1n) is 9.82. The molecule has 0 spiro atoms. The Balaban J connectivity index is 1.42. The van der Waals surface area contributed by atoms with Gasteiger partial charge in [-0.05, 0) is 35.1 Å². The topological polar surface area (TPSA) is 75.6 Å². The highest BCUT2D eigenvalue weighted by Crippen LogP contribution is 2.46. The monoisotopic (exact) mass is 389 g/mol. The lowest BCUT2D eigenvalue weighted by Gasteiger charge is -2.19. The van der Waals surface area contributed by atoms with Crippen LogP contribution < -0.4 is 5.32 Å². The van der Waals surface area contributed by atoms with Crippen molar-refractivity contribution in [2.24, 2.45) is 0 Å². The number of hydrogen-bond acceptors (Lipinski definition) is 3. The minimum Gasteiger partial charge on any atom is -0.480 e. The molecule has 2 N–H and O–H groups in total. The van der Waals surface area contributed by atoms with Crippen LogP contribution in [-0.4, -0.2) is 29.8 Å². The van der Waals surface area contributed by atoms with E-state index in [0.29, 0.717) is 0 Å². The summed E-state index contributed by atoms with van der Waals surface area (Å²) in [5.41, 5.74) is 5.72. The second kappa shape index (κ2) is 8.35. The molecule has 2 aliphatic rings. The first-order chi connectivity index (χ1) is 14.1. The second-order valence-corrected chi connectivity index (χ2v) is 7.34. The summed E-state index contributed by atoms with van der Waals surface area (Å²) >= 11 is 0. The number of carboxylic acids is 1. The fourth-order valence-corrected chi connectivity index (χ4v) is 4.12. The van der Waals surface area contributed by atoms with Gasteiger partial charge in [0.2, 0.25) is 0 Å². The number of carboxylic acid groups (broad SMARTS) is 1. The summed E-state index contributed by atoms with van der Waals surface area (Å²) in [6.45, 7) is 0.202. The first kappa shape index (κ1) is 19.0. The molecule has 0 fully saturated rings. The molecule has 2 aromatic rings. The van der Waals surface area contributed by atoms with Gasteiger partial charge in [-0.25, -0.2) is 9.59 Å². The Labute approximate surface area is 169 Å². The zero-order valence-corrected chi connectivity index (χ0v) is 16.0. The minimum absolute atomic E-state index is 0.0225. The van der Waals surface area contributed by atoms with Crippen LogP contribution in [0.5, 0.6) is 0 Å². The highest BCUT2D eigenvalue weighted by molar-refractivity contribution is 5.85. The Morgan fingerprint density at radius 2 is 1.86 bits per heavy atom. The quantitative estimate of drug-likeness (QED) is 0.772. The highest BCUT2D eigenvalue weighted by atomic mass is 16.5. The Kier molecular flexibility index (Phi) is 5.47. The number of fused-ring (bicyclic) bond motifs is 2. The number of carbonyl (C=O) groups is 2. The van der Waals surface area contributed by atoms with E-state index in [-0.39, 0.29) is 18.9 Å². The number of alkyl carbamates (subject to hydrolysis) is 1. The zero-order chi connectivity index (χ0) is 20.2. The number of nitrogens with one attached hydrogen (secondary N) is 1. The number of rotatable bonds is 6. The van der Waals surface area contributed by atoms with E-state index in [1.54, 1.807) is 0 Å². The Hall–Kier alpha value is -3.34.